The lowest BCUT2D eigenvalue weighted by Crippen LogP contribution is -2.21. The molecule has 0 saturated heterocycles. The highest BCUT2D eigenvalue weighted by Crippen LogP contribution is 2.32. The lowest BCUT2D eigenvalue weighted by Gasteiger charge is -2.13. The van der Waals surface area contributed by atoms with Crippen LogP contribution in [-0.4, -0.2) is 16.5 Å². The van der Waals surface area contributed by atoms with E-state index in [0.29, 0.717) is 12.4 Å². The SMILES string of the molecule is C=C(NCC1=C(C)c2cc(F)ccc2C1)Nc1cnc(CC)nc1. The summed E-state index contributed by atoms with van der Waals surface area (Å²) in [6, 6.07) is 4.99. The Kier molecular flexibility index (Phi) is 4.60. The van der Waals surface area contributed by atoms with Crippen LogP contribution in [0.2, 0.25) is 0 Å². The maximum Gasteiger partial charge on any atom is 0.128 e. The van der Waals surface area contributed by atoms with Crippen LogP contribution in [0.5, 0.6) is 0 Å². The number of hydrogen-bond donors (Lipinski definition) is 2. The second kappa shape index (κ2) is 6.83. The highest BCUT2D eigenvalue weighted by Gasteiger charge is 2.18. The second-order valence-corrected chi connectivity index (χ2v) is 5.91. The maximum absolute atomic E-state index is 13.4. The maximum atomic E-state index is 13.4. The van der Waals surface area contributed by atoms with E-state index in [9.17, 15) is 4.39 Å². The van der Waals surface area contributed by atoms with Crippen LogP contribution in [0.25, 0.3) is 5.57 Å². The Labute approximate surface area is 141 Å². The van der Waals surface area contributed by atoms with Gasteiger partial charge in [0.2, 0.25) is 0 Å². The molecule has 2 aromatic rings. The minimum Gasteiger partial charge on any atom is -0.368 e. The second-order valence-electron chi connectivity index (χ2n) is 5.91. The first-order valence-electron chi connectivity index (χ1n) is 8.05. The van der Waals surface area contributed by atoms with Crippen molar-refractivity contribution in [2.24, 2.45) is 0 Å². The van der Waals surface area contributed by atoms with Crippen molar-refractivity contribution in [3.63, 3.8) is 0 Å². The number of anilines is 1. The van der Waals surface area contributed by atoms with E-state index >= 15 is 0 Å². The van der Waals surface area contributed by atoms with Gasteiger partial charge in [-0.1, -0.05) is 19.6 Å². The van der Waals surface area contributed by atoms with E-state index in [0.717, 1.165) is 35.5 Å². The molecule has 124 valence electrons. The monoisotopic (exact) mass is 324 g/mol. The number of rotatable bonds is 6. The minimum atomic E-state index is -0.191. The number of aryl methyl sites for hydroxylation is 1. The summed E-state index contributed by atoms with van der Waals surface area (Å²) >= 11 is 0. The molecule has 2 N–H and O–H groups in total. The van der Waals surface area contributed by atoms with Gasteiger partial charge >= 0.3 is 0 Å². The van der Waals surface area contributed by atoms with Crippen molar-refractivity contribution in [1.29, 1.82) is 0 Å². The molecule has 0 amide bonds. The molecule has 0 radical (unpaired) electrons. The third-order valence-corrected chi connectivity index (χ3v) is 4.24. The summed E-state index contributed by atoms with van der Waals surface area (Å²) in [6.07, 6.45) is 5.15. The molecule has 3 rings (SSSR count). The molecule has 0 saturated carbocycles. The molecule has 1 aliphatic rings. The molecule has 0 atom stereocenters. The number of hydrogen-bond acceptors (Lipinski definition) is 4. The average Bonchev–Trinajstić information content (AvgIpc) is 2.89. The van der Waals surface area contributed by atoms with Gasteiger partial charge in [-0.2, -0.15) is 0 Å². The van der Waals surface area contributed by atoms with E-state index < -0.39 is 0 Å². The standard InChI is InChI=1S/C19H21FN4/c1-4-19-22-10-17(11-23-19)24-13(3)21-9-15-7-14-5-6-16(20)8-18(14)12(15)2/h5-6,8,10-11,21,24H,3-4,7,9H2,1-2H3. The zero-order chi connectivity index (χ0) is 17.1. The number of benzene rings is 1. The Morgan fingerprint density at radius 1 is 1.29 bits per heavy atom. The molecule has 4 nitrogen and oxygen atoms in total. The fourth-order valence-electron chi connectivity index (χ4n) is 2.83. The molecule has 5 heteroatoms. The first-order chi connectivity index (χ1) is 11.6. The smallest absolute Gasteiger partial charge is 0.128 e. The highest BCUT2D eigenvalue weighted by atomic mass is 19.1. The van der Waals surface area contributed by atoms with Crippen LogP contribution in [0.1, 0.15) is 30.8 Å². The van der Waals surface area contributed by atoms with E-state index in [1.807, 2.05) is 19.9 Å². The van der Waals surface area contributed by atoms with Gasteiger partial charge in [-0.3, -0.25) is 0 Å². The lowest BCUT2D eigenvalue weighted by molar-refractivity contribution is 0.627. The molecule has 0 fully saturated rings. The minimum absolute atomic E-state index is 0.191. The number of aromatic nitrogens is 2. The number of fused-ring (bicyclic) bond motifs is 1. The van der Waals surface area contributed by atoms with Gasteiger partial charge in [-0.05, 0) is 47.8 Å². The Morgan fingerprint density at radius 2 is 2.04 bits per heavy atom. The van der Waals surface area contributed by atoms with E-state index in [-0.39, 0.29) is 5.82 Å². The largest absolute Gasteiger partial charge is 0.368 e. The molecule has 1 heterocycles. The molecule has 1 aromatic carbocycles. The van der Waals surface area contributed by atoms with E-state index in [2.05, 4.69) is 27.2 Å². The molecule has 1 aromatic heterocycles. The number of allylic oxidation sites excluding steroid dienone is 1. The number of nitrogens with zero attached hydrogens (tertiary/aromatic N) is 2. The molecule has 24 heavy (non-hydrogen) atoms. The Bertz CT molecular complexity index is 794. The van der Waals surface area contributed by atoms with Crippen molar-refractivity contribution in [3.05, 3.63) is 71.3 Å². The van der Waals surface area contributed by atoms with Gasteiger partial charge in [0.15, 0.2) is 0 Å². The van der Waals surface area contributed by atoms with Crippen molar-refractivity contribution in [1.82, 2.24) is 15.3 Å². The van der Waals surface area contributed by atoms with Crippen molar-refractivity contribution in [3.8, 4) is 0 Å². The summed E-state index contributed by atoms with van der Waals surface area (Å²) < 4.78 is 13.4. The summed E-state index contributed by atoms with van der Waals surface area (Å²) in [5.74, 6) is 1.31. The van der Waals surface area contributed by atoms with Gasteiger partial charge < -0.3 is 10.6 Å². The summed E-state index contributed by atoms with van der Waals surface area (Å²) in [4.78, 5) is 8.50. The van der Waals surface area contributed by atoms with E-state index in [1.54, 1.807) is 18.5 Å². The van der Waals surface area contributed by atoms with Gasteiger partial charge in [0.05, 0.1) is 23.9 Å². The highest BCUT2D eigenvalue weighted by molar-refractivity contribution is 5.75. The van der Waals surface area contributed by atoms with Crippen LogP contribution in [0, 0.1) is 5.82 Å². The van der Waals surface area contributed by atoms with Crippen molar-refractivity contribution in [2.45, 2.75) is 26.7 Å². The third kappa shape index (κ3) is 3.45. The molecule has 0 spiro atoms. The Balaban J connectivity index is 1.58. The molecule has 0 unspecified atom stereocenters. The van der Waals surface area contributed by atoms with Gasteiger partial charge in [0.25, 0.3) is 0 Å². The van der Waals surface area contributed by atoms with Crippen LogP contribution in [-0.2, 0) is 12.8 Å². The zero-order valence-corrected chi connectivity index (χ0v) is 14.0. The number of nitrogens with one attached hydrogen (secondary N) is 2. The van der Waals surface area contributed by atoms with Crippen LogP contribution in [0.4, 0.5) is 10.1 Å². The first kappa shape index (κ1) is 16.2. The van der Waals surface area contributed by atoms with Gasteiger partial charge in [0, 0.05) is 13.0 Å². The predicted molar refractivity (Wildman–Crippen MR) is 94.9 cm³/mol. The van der Waals surface area contributed by atoms with Gasteiger partial charge in [-0.15, -0.1) is 0 Å². The van der Waals surface area contributed by atoms with Crippen molar-refractivity contribution >= 4 is 11.3 Å². The zero-order valence-electron chi connectivity index (χ0n) is 14.0. The fraction of sp³-hybridized carbons (Fsp3) is 0.263. The topological polar surface area (TPSA) is 49.8 Å². The average molecular weight is 324 g/mol. The van der Waals surface area contributed by atoms with E-state index in [4.69, 9.17) is 0 Å². The molecular formula is C19H21FN4. The van der Waals surface area contributed by atoms with Crippen LogP contribution in [0.15, 0.2) is 48.6 Å². The first-order valence-corrected chi connectivity index (χ1v) is 8.05. The van der Waals surface area contributed by atoms with Crippen LogP contribution >= 0.6 is 0 Å². The van der Waals surface area contributed by atoms with Gasteiger partial charge in [0.1, 0.15) is 11.6 Å². The normalized spacial score (nSPS) is 13.0. The summed E-state index contributed by atoms with van der Waals surface area (Å²) in [7, 11) is 0. The van der Waals surface area contributed by atoms with Crippen molar-refractivity contribution in [2.75, 3.05) is 11.9 Å². The van der Waals surface area contributed by atoms with Crippen LogP contribution < -0.4 is 10.6 Å². The summed E-state index contributed by atoms with van der Waals surface area (Å²) in [5, 5.41) is 6.42. The summed E-state index contributed by atoms with van der Waals surface area (Å²) in [6.45, 7) is 8.71. The quantitative estimate of drug-likeness (QED) is 0.851. The molecule has 1 aliphatic carbocycles. The Morgan fingerprint density at radius 3 is 2.75 bits per heavy atom. The van der Waals surface area contributed by atoms with Gasteiger partial charge in [-0.25, -0.2) is 14.4 Å². The van der Waals surface area contributed by atoms with Crippen LogP contribution in [0.3, 0.4) is 0 Å². The molecular weight excluding hydrogens is 303 g/mol. The molecule has 0 bridgehead atoms. The fourth-order valence-corrected chi connectivity index (χ4v) is 2.83. The third-order valence-electron chi connectivity index (χ3n) is 4.24. The Hall–Kier alpha value is -2.69. The molecule has 0 aliphatic heterocycles. The number of halogens is 1. The van der Waals surface area contributed by atoms with E-state index in [1.165, 1.54) is 17.2 Å². The van der Waals surface area contributed by atoms with Crippen molar-refractivity contribution < 1.29 is 4.39 Å². The lowest BCUT2D eigenvalue weighted by atomic mass is 10.1. The predicted octanol–water partition coefficient (Wildman–Crippen LogP) is 3.68. The summed E-state index contributed by atoms with van der Waals surface area (Å²) in [5.41, 5.74) is 5.37.